The topological polar surface area (TPSA) is 95.4 Å². The van der Waals surface area contributed by atoms with Crippen molar-refractivity contribution < 1.29 is 9.18 Å². The van der Waals surface area contributed by atoms with Gasteiger partial charge in [-0.15, -0.1) is 11.3 Å². The van der Waals surface area contributed by atoms with Crippen molar-refractivity contribution in [3.05, 3.63) is 76.0 Å². The summed E-state index contributed by atoms with van der Waals surface area (Å²) in [6.45, 7) is 1.90. The van der Waals surface area contributed by atoms with Gasteiger partial charge in [0.2, 0.25) is 5.91 Å². The van der Waals surface area contributed by atoms with Gasteiger partial charge in [-0.25, -0.2) is 9.38 Å². The SMILES string of the molecule is CN1C(=O)[C@@H](c2ccc(C3(C#N)CC3)cc2)[C@@](C)(c2cc(-c3cncc(F)c3)cs2)N=C1N. The maximum Gasteiger partial charge on any atom is 0.239 e. The number of pyridine rings is 1. The molecule has 1 aliphatic carbocycles. The van der Waals surface area contributed by atoms with Crippen LogP contribution in [0.1, 0.15) is 41.7 Å². The van der Waals surface area contributed by atoms with Crippen molar-refractivity contribution in [2.75, 3.05) is 7.05 Å². The Kier molecular flexibility index (Phi) is 4.83. The number of likely N-dealkylation sites (N-methyl/N-ethyl adjacent to an activating group) is 1. The number of benzene rings is 1. The Hall–Kier alpha value is -3.57. The van der Waals surface area contributed by atoms with Gasteiger partial charge in [0.15, 0.2) is 5.96 Å². The Morgan fingerprint density at radius 1 is 1.21 bits per heavy atom. The Morgan fingerprint density at radius 3 is 2.58 bits per heavy atom. The minimum absolute atomic E-state index is 0.151. The number of aromatic nitrogens is 1. The van der Waals surface area contributed by atoms with Gasteiger partial charge in [-0.05, 0) is 54.0 Å². The molecule has 33 heavy (non-hydrogen) atoms. The molecule has 2 aromatic heterocycles. The van der Waals surface area contributed by atoms with Crippen molar-refractivity contribution in [3.63, 3.8) is 0 Å². The quantitative estimate of drug-likeness (QED) is 0.630. The van der Waals surface area contributed by atoms with E-state index in [0.717, 1.165) is 40.6 Å². The van der Waals surface area contributed by atoms with Crippen LogP contribution in [-0.4, -0.2) is 28.8 Å². The van der Waals surface area contributed by atoms with Crippen LogP contribution in [0.2, 0.25) is 0 Å². The van der Waals surface area contributed by atoms with E-state index in [0.29, 0.717) is 5.56 Å². The molecule has 0 spiro atoms. The van der Waals surface area contributed by atoms with Crippen LogP contribution in [0, 0.1) is 17.1 Å². The first-order chi connectivity index (χ1) is 15.8. The molecule has 3 aromatic rings. The Labute approximate surface area is 195 Å². The van der Waals surface area contributed by atoms with Crippen molar-refractivity contribution >= 4 is 23.2 Å². The normalized spacial score (nSPS) is 23.7. The van der Waals surface area contributed by atoms with E-state index in [-0.39, 0.29) is 17.3 Å². The largest absolute Gasteiger partial charge is 0.369 e. The van der Waals surface area contributed by atoms with Gasteiger partial charge in [0, 0.05) is 23.7 Å². The number of amides is 1. The summed E-state index contributed by atoms with van der Waals surface area (Å²) >= 11 is 1.45. The van der Waals surface area contributed by atoms with Gasteiger partial charge in [0.05, 0.1) is 23.6 Å². The molecule has 1 aliphatic heterocycles. The van der Waals surface area contributed by atoms with Crippen molar-refractivity contribution in [2.24, 2.45) is 10.7 Å². The first-order valence-corrected chi connectivity index (χ1v) is 11.5. The number of rotatable bonds is 4. The lowest BCUT2D eigenvalue weighted by Crippen LogP contribution is -2.52. The fourth-order valence-electron chi connectivity index (χ4n) is 4.50. The van der Waals surface area contributed by atoms with E-state index >= 15 is 0 Å². The second-order valence-corrected chi connectivity index (χ2v) is 9.77. The van der Waals surface area contributed by atoms with E-state index in [2.05, 4.69) is 11.1 Å². The van der Waals surface area contributed by atoms with E-state index < -0.39 is 17.3 Å². The summed E-state index contributed by atoms with van der Waals surface area (Å²) in [5.74, 6) is -1.01. The van der Waals surface area contributed by atoms with Crippen LogP contribution in [0.4, 0.5) is 4.39 Å². The second kappa shape index (κ2) is 7.49. The zero-order valence-electron chi connectivity index (χ0n) is 18.2. The third-order valence-electron chi connectivity index (χ3n) is 6.73. The highest BCUT2D eigenvalue weighted by atomic mass is 32.1. The molecule has 5 rings (SSSR count). The highest BCUT2D eigenvalue weighted by Crippen LogP contribution is 2.50. The van der Waals surface area contributed by atoms with Gasteiger partial charge in [-0.3, -0.25) is 14.7 Å². The molecule has 1 amide bonds. The predicted molar refractivity (Wildman–Crippen MR) is 125 cm³/mol. The van der Waals surface area contributed by atoms with Crippen LogP contribution in [0.15, 0.2) is 59.2 Å². The second-order valence-electron chi connectivity index (χ2n) is 8.86. The van der Waals surface area contributed by atoms with Crippen molar-refractivity contribution in [3.8, 4) is 17.2 Å². The molecule has 0 radical (unpaired) electrons. The summed E-state index contributed by atoms with van der Waals surface area (Å²) in [4.78, 5) is 24.4. The minimum Gasteiger partial charge on any atom is -0.369 e. The molecule has 6 nitrogen and oxygen atoms in total. The van der Waals surface area contributed by atoms with Gasteiger partial charge in [0.1, 0.15) is 11.4 Å². The maximum atomic E-state index is 13.7. The molecule has 0 bridgehead atoms. The van der Waals surface area contributed by atoms with E-state index in [1.165, 1.54) is 22.3 Å². The lowest BCUT2D eigenvalue weighted by Gasteiger charge is -2.40. The van der Waals surface area contributed by atoms with Crippen LogP contribution in [0.3, 0.4) is 0 Å². The van der Waals surface area contributed by atoms with Gasteiger partial charge < -0.3 is 5.73 Å². The van der Waals surface area contributed by atoms with Crippen molar-refractivity contribution in [2.45, 2.75) is 36.6 Å². The zero-order chi connectivity index (χ0) is 23.4. The number of hydrogen-bond donors (Lipinski definition) is 1. The number of carbonyl (C=O) groups excluding carboxylic acids is 1. The lowest BCUT2D eigenvalue weighted by molar-refractivity contribution is -0.130. The fourth-order valence-corrected chi connectivity index (χ4v) is 5.55. The summed E-state index contributed by atoms with van der Waals surface area (Å²) in [6, 6.07) is 13.5. The number of guanidine groups is 1. The summed E-state index contributed by atoms with van der Waals surface area (Å²) < 4.78 is 13.7. The summed E-state index contributed by atoms with van der Waals surface area (Å²) in [6.07, 6.45) is 4.49. The first kappa shape index (κ1) is 21.3. The number of carbonyl (C=O) groups is 1. The van der Waals surface area contributed by atoms with Crippen LogP contribution in [0.25, 0.3) is 11.1 Å². The highest BCUT2D eigenvalue weighted by Gasteiger charge is 2.49. The number of nitrogens with zero attached hydrogens (tertiary/aromatic N) is 4. The van der Waals surface area contributed by atoms with Gasteiger partial charge >= 0.3 is 0 Å². The third kappa shape index (κ3) is 3.40. The molecule has 2 aliphatic rings. The zero-order valence-corrected chi connectivity index (χ0v) is 19.1. The lowest BCUT2D eigenvalue weighted by atomic mass is 9.77. The number of aliphatic imine (C=N–C) groups is 1. The van der Waals surface area contributed by atoms with Crippen LogP contribution >= 0.6 is 11.3 Å². The number of nitriles is 1. The maximum absolute atomic E-state index is 13.7. The molecule has 2 N–H and O–H groups in total. The third-order valence-corrected chi connectivity index (χ3v) is 7.88. The monoisotopic (exact) mass is 459 g/mol. The number of hydrogen-bond acceptors (Lipinski definition) is 6. The molecular formula is C25H22FN5OS. The van der Waals surface area contributed by atoms with E-state index in [1.54, 1.807) is 13.2 Å². The van der Waals surface area contributed by atoms with Crippen molar-refractivity contribution in [1.82, 2.24) is 9.88 Å². The number of nitrogens with two attached hydrogens (primary N) is 1. The average Bonchev–Trinajstić information content (AvgIpc) is 3.44. The van der Waals surface area contributed by atoms with Gasteiger partial charge in [-0.1, -0.05) is 24.3 Å². The first-order valence-electron chi connectivity index (χ1n) is 10.6. The fraction of sp³-hybridized carbons (Fsp3) is 0.280. The molecule has 2 atom stereocenters. The Bertz CT molecular complexity index is 1320. The molecular weight excluding hydrogens is 437 g/mol. The van der Waals surface area contributed by atoms with Crippen molar-refractivity contribution in [1.29, 1.82) is 5.26 Å². The van der Waals surface area contributed by atoms with Crippen LogP contribution in [0.5, 0.6) is 0 Å². The molecule has 0 unspecified atom stereocenters. The molecule has 1 fully saturated rings. The summed E-state index contributed by atoms with van der Waals surface area (Å²) in [5, 5.41) is 11.4. The Morgan fingerprint density at radius 2 is 1.94 bits per heavy atom. The van der Waals surface area contributed by atoms with Crippen LogP contribution < -0.4 is 5.73 Å². The number of thiophene rings is 1. The standard InChI is InChI=1S/C25H22FN5OS/c1-24(20-10-17(13-33-20)16-9-19(26)12-29-11-16)21(22(32)31(2)23(28)30-24)15-3-5-18(6-4-15)25(14-27)7-8-25/h3-6,9-13,21H,7-8H2,1-2H3,(H2,28,30)/t21-,24-/m1/s1. The van der Waals surface area contributed by atoms with E-state index in [9.17, 15) is 14.4 Å². The Balaban J connectivity index is 1.58. The molecule has 3 heterocycles. The van der Waals surface area contributed by atoms with Gasteiger partial charge in [0.25, 0.3) is 0 Å². The number of halogens is 1. The molecule has 166 valence electrons. The molecule has 8 heteroatoms. The minimum atomic E-state index is -0.939. The summed E-state index contributed by atoms with van der Waals surface area (Å²) in [7, 11) is 1.62. The predicted octanol–water partition coefficient (Wildman–Crippen LogP) is 4.29. The van der Waals surface area contributed by atoms with E-state index in [4.69, 9.17) is 10.7 Å². The van der Waals surface area contributed by atoms with Gasteiger partial charge in [-0.2, -0.15) is 5.26 Å². The average molecular weight is 460 g/mol. The van der Waals surface area contributed by atoms with Crippen LogP contribution in [-0.2, 0) is 15.7 Å². The smallest absolute Gasteiger partial charge is 0.239 e. The molecule has 1 aromatic carbocycles. The highest BCUT2D eigenvalue weighted by molar-refractivity contribution is 7.10. The molecule has 1 saturated carbocycles. The summed E-state index contributed by atoms with van der Waals surface area (Å²) in [5.41, 5.74) is 8.06. The molecule has 0 saturated heterocycles. The van der Waals surface area contributed by atoms with E-state index in [1.807, 2.05) is 42.6 Å².